The van der Waals surface area contributed by atoms with E-state index in [1.165, 1.54) is 44.2 Å². The molecule has 68 valence electrons. The molecule has 1 aromatic rings. The fraction of sp³-hybridized carbons (Fsp3) is 0.500. The average molecular weight is 173 g/mol. The van der Waals surface area contributed by atoms with E-state index in [0.29, 0.717) is 0 Å². The SMILES string of the molecule is C1=Cc2cc3n(c2CC1)CCCC3. The molecule has 1 aliphatic heterocycles. The van der Waals surface area contributed by atoms with Gasteiger partial charge in [-0.15, -0.1) is 0 Å². The van der Waals surface area contributed by atoms with E-state index in [2.05, 4.69) is 22.8 Å². The van der Waals surface area contributed by atoms with Crippen LogP contribution < -0.4 is 0 Å². The van der Waals surface area contributed by atoms with Gasteiger partial charge in [0.1, 0.15) is 0 Å². The standard InChI is InChI=1S/C12H15N/c1-2-7-12-10(5-1)9-11-6-3-4-8-13(11)12/h1,5,9H,2-4,6-8H2. The highest BCUT2D eigenvalue weighted by atomic mass is 15.0. The van der Waals surface area contributed by atoms with Crippen LogP contribution in [-0.2, 0) is 19.4 Å². The van der Waals surface area contributed by atoms with Gasteiger partial charge in [0.15, 0.2) is 0 Å². The summed E-state index contributed by atoms with van der Waals surface area (Å²) in [7, 11) is 0. The van der Waals surface area contributed by atoms with E-state index < -0.39 is 0 Å². The minimum atomic E-state index is 1.23. The summed E-state index contributed by atoms with van der Waals surface area (Å²) in [6, 6.07) is 2.39. The number of aromatic nitrogens is 1. The molecule has 0 spiro atoms. The second-order valence-corrected chi connectivity index (χ2v) is 4.09. The lowest BCUT2D eigenvalue weighted by molar-refractivity contribution is 0.516. The second-order valence-electron chi connectivity index (χ2n) is 4.09. The fourth-order valence-electron chi connectivity index (χ4n) is 2.59. The Balaban J connectivity index is 2.15. The van der Waals surface area contributed by atoms with E-state index in [1.54, 1.807) is 11.4 Å². The van der Waals surface area contributed by atoms with Crippen molar-refractivity contribution in [2.24, 2.45) is 0 Å². The van der Waals surface area contributed by atoms with Gasteiger partial charge in [-0.3, -0.25) is 0 Å². The first-order chi connectivity index (χ1) is 6.45. The Morgan fingerprint density at radius 3 is 3.15 bits per heavy atom. The minimum absolute atomic E-state index is 1.23. The van der Waals surface area contributed by atoms with E-state index in [-0.39, 0.29) is 0 Å². The van der Waals surface area contributed by atoms with Crippen LogP contribution in [0, 0.1) is 0 Å². The fourth-order valence-corrected chi connectivity index (χ4v) is 2.59. The molecule has 1 aromatic heterocycles. The van der Waals surface area contributed by atoms with E-state index in [1.807, 2.05) is 0 Å². The third kappa shape index (κ3) is 1.06. The molecule has 2 heterocycles. The Bertz CT molecular complexity index is 357. The first kappa shape index (κ1) is 7.43. The van der Waals surface area contributed by atoms with Crippen molar-refractivity contribution in [3.8, 4) is 0 Å². The number of fused-ring (bicyclic) bond motifs is 3. The summed E-state index contributed by atoms with van der Waals surface area (Å²) in [5.41, 5.74) is 4.66. The number of hydrogen-bond donors (Lipinski definition) is 0. The normalized spacial score (nSPS) is 19.7. The van der Waals surface area contributed by atoms with Crippen LogP contribution in [0.2, 0.25) is 0 Å². The number of aryl methyl sites for hydroxylation is 1. The lowest BCUT2D eigenvalue weighted by atomic mass is 10.1. The molecule has 0 saturated heterocycles. The monoisotopic (exact) mass is 173 g/mol. The van der Waals surface area contributed by atoms with Crippen LogP contribution in [0.1, 0.15) is 36.2 Å². The highest BCUT2D eigenvalue weighted by Crippen LogP contribution is 2.27. The van der Waals surface area contributed by atoms with Gasteiger partial charge >= 0.3 is 0 Å². The largest absolute Gasteiger partial charge is 0.348 e. The first-order valence-electron chi connectivity index (χ1n) is 5.33. The zero-order chi connectivity index (χ0) is 8.67. The zero-order valence-electron chi connectivity index (χ0n) is 7.92. The molecule has 0 saturated carbocycles. The molecule has 1 aliphatic carbocycles. The maximum Gasteiger partial charge on any atom is 0.0253 e. The van der Waals surface area contributed by atoms with Gasteiger partial charge < -0.3 is 4.57 Å². The summed E-state index contributed by atoms with van der Waals surface area (Å²) < 4.78 is 2.56. The Morgan fingerprint density at radius 1 is 1.15 bits per heavy atom. The number of hydrogen-bond acceptors (Lipinski definition) is 0. The van der Waals surface area contributed by atoms with Crippen molar-refractivity contribution in [2.45, 2.75) is 38.6 Å². The minimum Gasteiger partial charge on any atom is -0.348 e. The third-order valence-electron chi connectivity index (χ3n) is 3.24. The Labute approximate surface area is 79.1 Å². The summed E-state index contributed by atoms with van der Waals surface area (Å²) >= 11 is 0. The summed E-state index contributed by atoms with van der Waals surface area (Å²) in [4.78, 5) is 0. The highest BCUT2D eigenvalue weighted by Gasteiger charge is 2.17. The predicted octanol–water partition coefficient (Wildman–Crippen LogP) is 2.78. The molecular weight excluding hydrogens is 158 g/mol. The van der Waals surface area contributed by atoms with Crippen LogP contribution in [0.4, 0.5) is 0 Å². The molecule has 1 nitrogen and oxygen atoms in total. The van der Waals surface area contributed by atoms with Gasteiger partial charge in [0.05, 0.1) is 0 Å². The van der Waals surface area contributed by atoms with Gasteiger partial charge in [0, 0.05) is 17.9 Å². The van der Waals surface area contributed by atoms with Crippen LogP contribution in [-0.4, -0.2) is 4.57 Å². The second kappa shape index (κ2) is 2.76. The molecule has 0 unspecified atom stereocenters. The van der Waals surface area contributed by atoms with E-state index in [9.17, 15) is 0 Å². The lowest BCUT2D eigenvalue weighted by Crippen LogP contribution is -2.12. The van der Waals surface area contributed by atoms with E-state index >= 15 is 0 Å². The van der Waals surface area contributed by atoms with Crippen molar-refractivity contribution in [3.05, 3.63) is 29.1 Å². The Kier molecular flexibility index (Phi) is 1.58. The lowest BCUT2D eigenvalue weighted by Gasteiger charge is -2.18. The summed E-state index contributed by atoms with van der Waals surface area (Å²) in [5.74, 6) is 0. The smallest absolute Gasteiger partial charge is 0.0253 e. The topological polar surface area (TPSA) is 4.93 Å². The maximum atomic E-state index is 2.56. The zero-order valence-corrected chi connectivity index (χ0v) is 7.92. The van der Waals surface area contributed by atoms with Crippen LogP contribution >= 0.6 is 0 Å². The number of nitrogens with zero attached hydrogens (tertiary/aromatic N) is 1. The molecule has 13 heavy (non-hydrogen) atoms. The van der Waals surface area contributed by atoms with Crippen LogP contribution in [0.3, 0.4) is 0 Å². The quantitative estimate of drug-likeness (QED) is 0.568. The highest BCUT2D eigenvalue weighted by molar-refractivity contribution is 5.56. The van der Waals surface area contributed by atoms with Crippen molar-refractivity contribution in [3.63, 3.8) is 0 Å². The molecular formula is C12H15N. The van der Waals surface area contributed by atoms with Crippen LogP contribution in [0.15, 0.2) is 12.1 Å². The van der Waals surface area contributed by atoms with Gasteiger partial charge in [0.2, 0.25) is 0 Å². The van der Waals surface area contributed by atoms with E-state index in [0.717, 1.165) is 0 Å². The molecule has 0 radical (unpaired) electrons. The first-order valence-corrected chi connectivity index (χ1v) is 5.33. The van der Waals surface area contributed by atoms with Crippen molar-refractivity contribution in [1.29, 1.82) is 0 Å². The van der Waals surface area contributed by atoms with Gasteiger partial charge in [-0.25, -0.2) is 0 Å². The molecule has 0 bridgehead atoms. The molecule has 0 aromatic carbocycles. The Hall–Kier alpha value is -0.980. The Morgan fingerprint density at radius 2 is 2.15 bits per heavy atom. The molecule has 1 heteroatoms. The van der Waals surface area contributed by atoms with E-state index in [4.69, 9.17) is 0 Å². The van der Waals surface area contributed by atoms with Crippen molar-refractivity contribution in [1.82, 2.24) is 4.57 Å². The van der Waals surface area contributed by atoms with Gasteiger partial charge in [-0.2, -0.15) is 0 Å². The van der Waals surface area contributed by atoms with Gasteiger partial charge in [-0.1, -0.05) is 12.2 Å². The number of allylic oxidation sites excluding steroid dienone is 1. The molecule has 0 atom stereocenters. The summed E-state index contributed by atoms with van der Waals surface area (Å²) in [6.07, 6.45) is 11.1. The third-order valence-corrected chi connectivity index (χ3v) is 3.24. The maximum absolute atomic E-state index is 2.56. The number of rotatable bonds is 0. The van der Waals surface area contributed by atoms with Gasteiger partial charge in [0.25, 0.3) is 0 Å². The van der Waals surface area contributed by atoms with Crippen LogP contribution in [0.5, 0.6) is 0 Å². The average Bonchev–Trinajstić information content (AvgIpc) is 2.56. The molecule has 0 amide bonds. The molecule has 0 N–H and O–H groups in total. The molecule has 2 aliphatic rings. The van der Waals surface area contributed by atoms with Gasteiger partial charge in [-0.05, 0) is 43.7 Å². The summed E-state index contributed by atoms with van der Waals surface area (Å²) in [6.45, 7) is 1.26. The van der Waals surface area contributed by atoms with Crippen molar-refractivity contribution >= 4 is 6.08 Å². The van der Waals surface area contributed by atoms with Crippen molar-refractivity contribution in [2.75, 3.05) is 0 Å². The predicted molar refractivity (Wildman–Crippen MR) is 54.7 cm³/mol. The molecule has 0 fully saturated rings. The van der Waals surface area contributed by atoms with Crippen LogP contribution in [0.25, 0.3) is 6.08 Å². The summed E-state index contributed by atoms with van der Waals surface area (Å²) in [5, 5.41) is 0. The molecule has 3 rings (SSSR count). The van der Waals surface area contributed by atoms with Crippen molar-refractivity contribution < 1.29 is 0 Å².